The van der Waals surface area contributed by atoms with Crippen LogP contribution in [0, 0.1) is 6.92 Å². The van der Waals surface area contributed by atoms with E-state index in [4.69, 9.17) is 0 Å². The van der Waals surface area contributed by atoms with Gasteiger partial charge in [-0.25, -0.2) is 8.42 Å². The summed E-state index contributed by atoms with van der Waals surface area (Å²) in [6.07, 6.45) is 0.756. The molecule has 1 aromatic rings. The van der Waals surface area contributed by atoms with Crippen molar-refractivity contribution in [2.75, 3.05) is 7.05 Å². The molecule has 0 saturated heterocycles. The van der Waals surface area contributed by atoms with Crippen LogP contribution in [-0.4, -0.2) is 25.3 Å². The van der Waals surface area contributed by atoms with Crippen molar-refractivity contribution in [2.45, 2.75) is 44.6 Å². The molecule has 0 unspecified atom stereocenters. The molecule has 0 aliphatic rings. The van der Waals surface area contributed by atoms with Gasteiger partial charge in [-0.3, -0.25) is 0 Å². The molecule has 0 aliphatic carbocycles. The molecule has 102 valence electrons. The molecule has 3 nitrogen and oxygen atoms in total. The summed E-state index contributed by atoms with van der Waals surface area (Å²) in [5.74, 6) is 0. The molecule has 0 heterocycles. The number of hydrogen-bond acceptors (Lipinski definition) is 2. The van der Waals surface area contributed by atoms with Crippen molar-refractivity contribution in [3.05, 3.63) is 28.2 Å². The van der Waals surface area contributed by atoms with Crippen LogP contribution in [-0.2, 0) is 10.0 Å². The molecule has 18 heavy (non-hydrogen) atoms. The van der Waals surface area contributed by atoms with Gasteiger partial charge in [0.15, 0.2) is 0 Å². The smallest absolute Gasteiger partial charge is 0.207 e. The van der Waals surface area contributed by atoms with Gasteiger partial charge in [0.25, 0.3) is 0 Å². The number of sulfonamides is 1. The standard InChI is InChI=1S/C13H20BrNO2S/c1-6-13(3,4)15(5)18(16,17)12-8-7-10(2)9-11(12)14/h7-9H,6H2,1-5H3. The van der Waals surface area contributed by atoms with Gasteiger partial charge < -0.3 is 0 Å². The average Bonchev–Trinajstić information content (AvgIpc) is 2.27. The van der Waals surface area contributed by atoms with Crippen LogP contribution >= 0.6 is 15.9 Å². The maximum Gasteiger partial charge on any atom is 0.244 e. The fourth-order valence-corrected chi connectivity index (χ4v) is 4.24. The fourth-order valence-electron chi connectivity index (χ4n) is 1.51. The summed E-state index contributed by atoms with van der Waals surface area (Å²) in [7, 11) is -1.84. The molecule has 0 radical (unpaired) electrons. The Morgan fingerprint density at radius 2 is 1.89 bits per heavy atom. The first-order chi connectivity index (χ1) is 8.13. The third-order valence-electron chi connectivity index (χ3n) is 3.44. The van der Waals surface area contributed by atoms with Crippen LogP contribution in [0.15, 0.2) is 27.6 Å². The Labute approximate surface area is 118 Å². The zero-order valence-electron chi connectivity index (χ0n) is 11.5. The van der Waals surface area contributed by atoms with Crippen LogP contribution in [0.1, 0.15) is 32.8 Å². The van der Waals surface area contributed by atoms with E-state index in [1.54, 1.807) is 13.1 Å². The Morgan fingerprint density at radius 3 is 2.33 bits per heavy atom. The molecule has 0 atom stereocenters. The molecule has 0 bridgehead atoms. The monoisotopic (exact) mass is 333 g/mol. The first-order valence-electron chi connectivity index (χ1n) is 5.88. The Hall–Kier alpha value is -0.390. The highest BCUT2D eigenvalue weighted by Gasteiger charge is 2.33. The van der Waals surface area contributed by atoms with Gasteiger partial charge in [0.2, 0.25) is 10.0 Å². The number of benzene rings is 1. The Balaban J connectivity index is 3.30. The zero-order valence-corrected chi connectivity index (χ0v) is 13.9. The van der Waals surface area contributed by atoms with Crippen molar-refractivity contribution in [2.24, 2.45) is 0 Å². The van der Waals surface area contributed by atoms with E-state index in [2.05, 4.69) is 15.9 Å². The highest BCUT2D eigenvalue weighted by Crippen LogP contribution is 2.30. The lowest BCUT2D eigenvalue weighted by molar-refractivity contribution is 0.257. The minimum absolute atomic E-state index is 0.317. The van der Waals surface area contributed by atoms with Gasteiger partial charge in [-0.05, 0) is 60.8 Å². The number of hydrogen-bond donors (Lipinski definition) is 0. The molecule has 1 aromatic carbocycles. The van der Waals surface area contributed by atoms with E-state index in [1.165, 1.54) is 4.31 Å². The molecule has 5 heteroatoms. The van der Waals surface area contributed by atoms with E-state index >= 15 is 0 Å². The zero-order chi connectivity index (χ0) is 14.1. The van der Waals surface area contributed by atoms with Gasteiger partial charge in [0.05, 0.1) is 4.90 Å². The van der Waals surface area contributed by atoms with Crippen molar-refractivity contribution < 1.29 is 8.42 Å². The first-order valence-corrected chi connectivity index (χ1v) is 8.11. The second kappa shape index (κ2) is 5.31. The number of nitrogens with zero attached hydrogens (tertiary/aromatic N) is 1. The van der Waals surface area contributed by atoms with E-state index in [0.717, 1.165) is 12.0 Å². The van der Waals surface area contributed by atoms with Crippen LogP contribution in [0.3, 0.4) is 0 Å². The first kappa shape index (κ1) is 15.7. The van der Waals surface area contributed by atoms with E-state index in [0.29, 0.717) is 9.37 Å². The predicted octanol–water partition coefficient (Wildman–Crippen LogP) is 3.57. The van der Waals surface area contributed by atoms with Crippen molar-refractivity contribution in [3.8, 4) is 0 Å². The minimum atomic E-state index is -3.47. The largest absolute Gasteiger partial charge is 0.244 e. The fraction of sp³-hybridized carbons (Fsp3) is 0.538. The third-order valence-corrected chi connectivity index (χ3v) is 6.49. The lowest BCUT2D eigenvalue weighted by Gasteiger charge is -2.33. The van der Waals surface area contributed by atoms with Gasteiger partial charge in [-0.15, -0.1) is 0 Å². The molecule has 0 aromatic heterocycles. The lowest BCUT2D eigenvalue weighted by atomic mass is 10.0. The molecule has 1 rings (SSSR count). The molecule has 0 saturated carbocycles. The summed E-state index contributed by atoms with van der Waals surface area (Å²) in [4.78, 5) is 0.317. The van der Waals surface area contributed by atoms with Gasteiger partial charge in [0.1, 0.15) is 0 Å². The molecule has 0 aliphatic heterocycles. The maximum atomic E-state index is 12.6. The molecule has 0 spiro atoms. The predicted molar refractivity (Wildman–Crippen MR) is 78.2 cm³/mol. The van der Waals surface area contributed by atoms with Crippen LogP contribution in [0.5, 0.6) is 0 Å². The van der Waals surface area contributed by atoms with Crippen molar-refractivity contribution in [1.82, 2.24) is 4.31 Å². The van der Waals surface area contributed by atoms with Crippen LogP contribution in [0.2, 0.25) is 0 Å². The number of halogens is 1. The molecule has 0 amide bonds. The highest BCUT2D eigenvalue weighted by atomic mass is 79.9. The second-order valence-corrected chi connectivity index (χ2v) is 7.86. The SMILES string of the molecule is CCC(C)(C)N(C)S(=O)(=O)c1ccc(C)cc1Br. The summed E-state index contributed by atoms with van der Waals surface area (Å²) < 4.78 is 27.2. The van der Waals surface area contributed by atoms with E-state index < -0.39 is 15.6 Å². The summed E-state index contributed by atoms with van der Waals surface area (Å²) >= 11 is 3.33. The van der Waals surface area contributed by atoms with Gasteiger partial charge >= 0.3 is 0 Å². The number of rotatable bonds is 4. The summed E-state index contributed by atoms with van der Waals surface area (Å²) in [5.41, 5.74) is 0.626. The third kappa shape index (κ3) is 2.95. The van der Waals surface area contributed by atoms with E-state index in [-0.39, 0.29) is 0 Å². The highest BCUT2D eigenvalue weighted by molar-refractivity contribution is 9.10. The van der Waals surface area contributed by atoms with Crippen molar-refractivity contribution in [3.63, 3.8) is 0 Å². The topological polar surface area (TPSA) is 37.4 Å². The Morgan fingerprint density at radius 1 is 1.33 bits per heavy atom. The van der Waals surface area contributed by atoms with E-state index in [1.807, 2.05) is 39.8 Å². The summed E-state index contributed by atoms with van der Waals surface area (Å²) in [5, 5.41) is 0. The van der Waals surface area contributed by atoms with Crippen molar-refractivity contribution >= 4 is 26.0 Å². The lowest BCUT2D eigenvalue weighted by Crippen LogP contribution is -2.44. The van der Waals surface area contributed by atoms with Gasteiger partial charge in [-0.1, -0.05) is 13.0 Å². The molecule has 0 N–H and O–H groups in total. The van der Waals surface area contributed by atoms with Crippen molar-refractivity contribution in [1.29, 1.82) is 0 Å². The van der Waals surface area contributed by atoms with Crippen LogP contribution in [0.25, 0.3) is 0 Å². The van der Waals surface area contributed by atoms with Crippen LogP contribution in [0.4, 0.5) is 0 Å². The minimum Gasteiger partial charge on any atom is -0.207 e. The maximum absolute atomic E-state index is 12.6. The normalized spacial score (nSPS) is 13.1. The second-order valence-electron chi connectivity index (χ2n) is 5.07. The Bertz CT molecular complexity index is 538. The van der Waals surface area contributed by atoms with E-state index in [9.17, 15) is 8.42 Å². The average molecular weight is 334 g/mol. The van der Waals surface area contributed by atoms with Crippen LogP contribution < -0.4 is 0 Å². The molecular formula is C13H20BrNO2S. The molecular weight excluding hydrogens is 314 g/mol. The summed E-state index contributed by atoms with van der Waals surface area (Å²) in [6, 6.07) is 5.28. The van der Waals surface area contributed by atoms with Gasteiger partial charge in [0, 0.05) is 17.1 Å². The van der Waals surface area contributed by atoms with Gasteiger partial charge in [-0.2, -0.15) is 4.31 Å². The quantitative estimate of drug-likeness (QED) is 0.844. The summed E-state index contributed by atoms with van der Waals surface area (Å²) in [6.45, 7) is 7.76. The number of aryl methyl sites for hydroxylation is 1. The Kier molecular flexibility index (Phi) is 4.62. The molecule has 0 fully saturated rings.